The monoisotopic (exact) mass is 366 g/mol. The Hall–Kier alpha value is -2.86. The summed E-state index contributed by atoms with van der Waals surface area (Å²) in [5.41, 5.74) is 2.36. The molecule has 0 unspecified atom stereocenters. The van der Waals surface area contributed by atoms with Gasteiger partial charge in [0.15, 0.2) is 0 Å². The van der Waals surface area contributed by atoms with Crippen molar-refractivity contribution in [1.29, 1.82) is 0 Å². The molecule has 2 aromatic carbocycles. The first-order valence-corrected chi connectivity index (χ1v) is 8.89. The van der Waals surface area contributed by atoms with Crippen LogP contribution in [0, 0.1) is 5.82 Å². The zero-order valence-corrected chi connectivity index (χ0v) is 14.8. The molecule has 2 heterocycles. The van der Waals surface area contributed by atoms with Gasteiger partial charge in [0.25, 0.3) is 11.1 Å². The molecule has 1 fully saturated rings. The number of amides is 2. The van der Waals surface area contributed by atoms with Gasteiger partial charge in [0.05, 0.1) is 11.4 Å². The van der Waals surface area contributed by atoms with Crippen LogP contribution in [0.5, 0.6) is 0 Å². The van der Waals surface area contributed by atoms with Crippen LogP contribution in [0.3, 0.4) is 0 Å². The second-order valence-electron chi connectivity index (χ2n) is 6.06. The van der Waals surface area contributed by atoms with Gasteiger partial charge in [-0.2, -0.15) is 0 Å². The first-order chi connectivity index (χ1) is 12.5. The number of benzene rings is 2. The van der Waals surface area contributed by atoms with E-state index in [0.717, 1.165) is 33.1 Å². The first kappa shape index (κ1) is 16.6. The molecule has 4 rings (SSSR count). The van der Waals surface area contributed by atoms with Gasteiger partial charge in [-0.15, -0.1) is 0 Å². The lowest BCUT2D eigenvalue weighted by atomic mass is 10.1. The van der Waals surface area contributed by atoms with Gasteiger partial charge < -0.3 is 4.57 Å². The number of rotatable bonds is 3. The number of hydrogen-bond acceptors (Lipinski definition) is 3. The Morgan fingerprint density at radius 3 is 2.54 bits per heavy atom. The van der Waals surface area contributed by atoms with Gasteiger partial charge in [-0.1, -0.05) is 36.4 Å². The fourth-order valence-corrected chi connectivity index (χ4v) is 3.84. The Labute approximate surface area is 153 Å². The van der Waals surface area contributed by atoms with E-state index in [1.165, 1.54) is 13.1 Å². The van der Waals surface area contributed by atoms with Gasteiger partial charge >= 0.3 is 0 Å². The summed E-state index contributed by atoms with van der Waals surface area (Å²) >= 11 is 0.930. The van der Waals surface area contributed by atoms with E-state index in [1.54, 1.807) is 18.2 Å². The second kappa shape index (κ2) is 6.46. The minimum atomic E-state index is -0.300. The summed E-state index contributed by atoms with van der Waals surface area (Å²) in [4.78, 5) is 25.4. The van der Waals surface area contributed by atoms with Crippen molar-refractivity contribution < 1.29 is 14.0 Å². The summed E-state index contributed by atoms with van der Waals surface area (Å²) in [5.74, 6) is -0.551. The second-order valence-corrected chi connectivity index (χ2v) is 7.05. The maximum atomic E-state index is 14.0. The highest BCUT2D eigenvalue weighted by Gasteiger charge is 2.32. The number of likely N-dealkylation sites (N-methyl/N-ethyl adjacent to an activating group) is 1. The SMILES string of the molecule is CN1C(=O)SC(=Cc2cn(Cc3ccccc3F)c3ccccc23)C1=O. The molecule has 1 aliphatic rings. The molecule has 1 saturated heterocycles. The Morgan fingerprint density at radius 2 is 1.81 bits per heavy atom. The summed E-state index contributed by atoms with van der Waals surface area (Å²) in [5, 5.41) is 0.670. The van der Waals surface area contributed by atoms with Crippen LogP contribution in [0.25, 0.3) is 17.0 Å². The van der Waals surface area contributed by atoms with Crippen molar-refractivity contribution in [2.75, 3.05) is 7.05 Å². The Morgan fingerprint density at radius 1 is 1.08 bits per heavy atom. The molecule has 4 nitrogen and oxygen atoms in total. The van der Waals surface area contributed by atoms with Crippen molar-refractivity contribution in [2.24, 2.45) is 0 Å². The van der Waals surface area contributed by atoms with E-state index in [4.69, 9.17) is 0 Å². The van der Waals surface area contributed by atoms with E-state index in [9.17, 15) is 14.0 Å². The third-order valence-corrected chi connectivity index (χ3v) is 5.35. The quantitative estimate of drug-likeness (QED) is 0.641. The number of fused-ring (bicyclic) bond motifs is 1. The number of thioether (sulfide) groups is 1. The smallest absolute Gasteiger partial charge is 0.293 e. The normalized spacial score (nSPS) is 16.2. The van der Waals surface area contributed by atoms with E-state index < -0.39 is 0 Å². The Bertz CT molecular complexity index is 1070. The summed E-state index contributed by atoms with van der Waals surface area (Å²) < 4.78 is 16.0. The highest BCUT2D eigenvalue weighted by molar-refractivity contribution is 8.18. The molecule has 0 aliphatic carbocycles. The molecule has 0 spiro atoms. The predicted octanol–water partition coefficient (Wildman–Crippen LogP) is 4.49. The molecule has 0 bridgehead atoms. The molecule has 0 N–H and O–H groups in total. The lowest BCUT2D eigenvalue weighted by Crippen LogP contribution is -2.22. The summed E-state index contributed by atoms with van der Waals surface area (Å²) in [6.07, 6.45) is 3.62. The van der Waals surface area contributed by atoms with Crippen LogP contribution in [0.1, 0.15) is 11.1 Å². The molecule has 26 heavy (non-hydrogen) atoms. The zero-order chi connectivity index (χ0) is 18.3. The van der Waals surface area contributed by atoms with Crippen LogP contribution in [0.2, 0.25) is 0 Å². The highest BCUT2D eigenvalue weighted by atomic mass is 32.2. The molecule has 3 aromatic rings. The number of aromatic nitrogens is 1. The van der Waals surface area contributed by atoms with Crippen LogP contribution >= 0.6 is 11.8 Å². The van der Waals surface area contributed by atoms with Crippen molar-refractivity contribution >= 4 is 39.9 Å². The topological polar surface area (TPSA) is 42.3 Å². The van der Waals surface area contributed by atoms with Gasteiger partial charge in [0.1, 0.15) is 5.82 Å². The number of nitrogens with zero attached hydrogens (tertiary/aromatic N) is 2. The van der Waals surface area contributed by atoms with E-state index in [0.29, 0.717) is 17.0 Å². The molecule has 1 aromatic heterocycles. The molecule has 0 radical (unpaired) electrons. The van der Waals surface area contributed by atoms with Crippen LogP contribution in [0.15, 0.2) is 59.6 Å². The first-order valence-electron chi connectivity index (χ1n) is 8.07. The van der Waals surface area contributed by atoms with E-state index in [1.807, 2.05) is 41.1 Å². The Kier molecular flexibility index (Phi) is 4.12. The molecule has 1 aliphatic heterocycles. The number of carbonyl (C=O) groups is 2. The fourth-order valence-electron chi connectivity index (χ4n) is 3.02. The average Bonchev–Trinajstić information content (AvgIpc) is 3.10. The molecule has 0 atom stereocenters. The number of para-hydroxylation sites is 1. The minimum absolute atomic E-state index is 0.251. The van der Waals surface area contributed by atoms with E-state index in [-0.39, 0.29) is 17.0 Å². The average molecular weight is 366 g/mol. The van der Waals surface area contributed by atoms with Crippen LogP contribution in [-0.2, 0) is 11.3 Å². The molecule has 130 valence electrons. The predicted molar refractivity (Wildman–Crippen MR) is 101 cm³/mol. The van der Waals surface area contributed by atoms with Crippen molar-refractivity contribution in [3.63, 3.8) is 0 Å². The summed E-state index contributed by atoms with van der Waals surface area (Å²) in [7, 11) is 1.47. The van der Waals surface area contributed by atoms with Gasteiger partial charge in [-0.05, 0) is 30.0 Å². The lowest BCUT2D eigenvalue weighted by molar-refractivity contribution is -0.121. The van der Waals surface area contributed by atoms with Gasteiger partial charge in [0, 0.05) is 35.3 Å². The zero-order valence-electron chi connectivity index (χ0n) is 14.0. The third-order valence-electron chi connectivity index (χ3n) is 4.39. The lowest BCUT2D eigenvalue weighted by Gasteiger charge is -2.06. The van der Waals surface area contributed by atoms with Crippen molar-refractivity contribution in [2.45, 2.75) is 6.54 Å². The van der Waals surface area contributed by atoms with Gasteiger partial charge in [-0.25, -0.2) is 4.39 Å². The largest absolute Gasteiger partial charge is 0.342 e. The maximum Gasteiger partial charge on any atom is 0.293 e. The van der Waals surface area contributed by atoms with E-state index in [2.05, 4.69) is 0 Å². The molecule has 0 saturated carbocycles. The van der Waals surface area contributed by atoms with Crippen molar-refractivity contribution in [1.82, 2.24) is 9.47 Å². The van der Waals surface area contributed by atoms with E-state index >= 15 is 0 Å². The fraction of sp³-hybridized carbons (Fsp3) is 0.100. The van der Waals surface area contributed by atoms with Crippen molar-refractivity contribution in [3.8, 4) is 0 Å². The van der Waals surface area contributed by atoms with Crippen molar-refractivity contribution in [3.05, 3.63) is 76.6 Å². The molecule has 6 heteroatoms. The highest BCUT2D eigenvalue weighted by Crippen LogP contribution is 2.33. The number of hydrogen-bond donors (Lipinski definition) is 0. The molecular weight excluding hydrogens is 351 g/mol. The molecular formula is C20H15FN2O2S. The minimum Gasteiger partial charge on any atom is -0.342 e. The van der Waals surface area contributed by atoms with Gasteiger partial charge in [0.2, 0.25) is 0 Å². The number of carbonyl (C=O) groups excluding carboxylic acids is 2. The Balaban J connectivity index is 1.79. The standard InChI is InChI=1S/C20H15FN2O2S/c1-22-19(24)18(26-20(22)25)10-14-12-23(17-9-5-3-7-15(14)17)11-13-6-2-4-8-16(13)21/h2-10,12H,11H2,1H3. The summed E-state index contributed by atoms with van der Waals surface area (Å²) in [6, 6.07) is 14.4. The number of imide groups is 1. The van der Waals surface area contributed by atoms with Crippen LogP contribution in [-0.4, -0.2) is 27.7 Å². The molecule has 2 amide bonds. The summed E-state index contributed by atoms with van der Waals surface area (Å²) in [6.45, 7) is 0.385. The van der Waals surface area contributed by atoms with Crippen LogP contribution in [0.4, 0.5) is 9.18 Å². The number of halogens is 1. The third kappa shape index (κ3) is 2.82. The maximum absolute atomic E-state index is 14.0. The van der Waals surface area contributed by atoms with Crippen LogP contribution < -0.4 is 0 Å². The van der Waals surface area contributed by atoms with Gasteiger partial charge in [-0.3, -0.25) is 14.5 Å².